The molecule has 0 heterocycles. The fourth-order valence-electron chi connectivity index (χ4n) is 2.39. The minimum atomic E-state index is -4.41. The summed E-state index contributed by atoms with van der Waals surface area (Å²) in [6.45, 7) is 0.323. The Morgan fingerprint density at radius 1 is 1.21 bits per heavy atom. The van der Waals surface area contributed by atoms with Gasteiger partial charge in [0.1, 0.15) is 11.6 Å². The molecular weight excluding hydrogens is 400 g/mol. The summed E-state index contributed by atoms with van der Waals surface area (Å²) >= 11 is 5.97. The summed E-state index contributed by atoms with van der Waals surface area (Å²) in [6.07, 6.45) is -4.41. The van der Waals surface area contributed by atoms with Crippen molar-refractivity contribution in [2.75, 3.05) is 13.7 Å². The number of hydrogen-bond donors (Lipinski definition) is 1. The lowest BCUT2D eigenvalue weighted by Gasteiger charge is -2.22. The van der Waals surface area contributed by atoms with Crippen LogP contribution >= 0.6 is 11.6 Å². The van der Waals surface area contributed by atoms with Gasteiger partial charge in [0.25, 0.3) is 0 Å². The SMILES string of the molecule is CC(NC(=O)N(C)Cc1c(F)cccc1Cl)c1ccc(OCC(F)(F)F)cc1. The molecule has 2 aromatic carbocycles. The molecule has 9 heteroatoms. The molecule has 1 N–H and O–H groups in total. The Kier molecular flexibility index (Phi) is 7.12. The van der Waals surface area contributed by atoms with Gasteiger partial charge in [0.2, 0.25) is 0 Å². The van der Waals surface area contributed by atoms with Crippen LogP contribution in [0.1, 0.15) is 24.1 Å². The zero-order valence-electron chi connectivity index (χ0n) is 15.2. The lowest BCUT2D eigenvalue weighted by atomic mass is 10.1. The van der Waals surface area contributed by atoms with Gasteiger partial charge < -0.3 is 15.0 Å². The molecule has 0 bridgehead atoms. The van der Waals surface area contributed by atoms with Crippen LogP contribution in [0.15, 0.2) is 42.5 Å². The molecule has 0 saturated carbocycles. The van der Waals surface area contributed by atoms with Crippen molar-refractivity contribution < 1.29 is 27.1 Å². The minimum absolute atomic E-state index is 0.0196. The third kappa shape index (κ3) is 6.30. The van der Waals surface area contributed by atoms with Crippen LogP contribution in [0, 0.1) is 5.82 Å². The molecule has 4 nitrogen and oxygen atoms in total. The molecule has 152 valence electrons. The number of urea groups is 1. The summed E-state index contributed by atoms with van der Waals surface area (Å²) in [5, 5.41) is 2.96. The topological polar surface area (TPSA) is 41.6 Å². The first kappa shape index (κ1) is 21.8. The number of halogens is 5. The van der Waals surface area contributed by atoms with Gasteiger partial charge in [-0.05, 0) is 36.8 Å². The molecule has 0 aromatic heterocycles. The Morgan fingerprint density at radius 2 is 1.86 bits per heavy atom. The van der Waals surface area contributed by atoms with E-state index in [-0.39, 0.29) is 22.9 Å². The maximum absolute atomic E-state index is 13.9. The van der Waals surface area contributed by atoms with Crippen molar-refractivity contribution >= 4 is 17.6 Å². The summed E-state index contributed by atoms with van der Waals surface area (Å²) in [4.78, 5) is 13.6. The summed E-state index contributed by atoms with van der Waals surface area (Å²) < 4.78 is 55.0. The van der Waals surface area contributed by atoms with Crippen molar-refractivity contribution in [3.63, 3.8) is 0 Å². The van der Waals surface area contributed by atoms with Crippen LogP contribution in [-0.4, -0.2) is 30.8 Å². The van der Waals surface area contributed by atoms with Crippen LogP contribution in [0.5, 0.6) is 5.75 Å². The molecule has 2 amide bonds. The number of carbonyl (C=O) groups is 1. The number of ether oxygens (including phenoxy) is 1. The number of nitrogens with one attached hydrogen (secondary N) is 1. The highest BCUT2D eigenvalue weighted by atomic mass is 35.5. The van der Waals surface area contributed by atoms with Gasteiger partial charge in [-0.1, -0.05) is 29.8 Å². The van der Waals surface area contributed by atoms with E-state index in [9.17, 15) is 22.4 Å². The first-order valence-corrected chi connectivity index (χ1v) is 8.68. The fraction of sp³-hybridized carbons (Fsp3) is 0.316. The summed E-state index contributed by atoms with van der Waals surface area (Å²) in [5.41, 5.74) is 0.880. The largest absolute Gasteiger partial charge is 0.484 e. The number of nitrogens with zero attached hydrogens (tertiary/aromatic N) is 1. The van der Waals surface area contributed by atoms with Gasteiger partial charge in [-0.15, -0.1) is 0 Å². The standard InChI is InChI=1S/C19H19ClF4N2O2/c1-12(13-6-8-14(9-7-13)28-11-19(22,23)24)25-18(27)26(2)10-15-16(20)4-3-5-17(15)21/h3-9,12H,10-11H2,1-2H3,(H,25,27). The second-order valence-corrected chi connectivity index (χ2v) is 6.61. The second-order valence-electron chi connectivity index (χ2n) is 6.20. The molecule has 1 unspecified atom stereocenters. The van der Waals surface area contributed by atoms with Crippen molar-refractivity contribution in [1.29, 1.82) is 0 Å². The molecule has 0 aliphatic carbocycles. The molecule has 0 saturated heterocycles. The quantitative estimate of drug-likeness (QED) is 0.645. The first-order chi connectivity index (χ1) is 13.1. The molecule has 1 atom stereocenters. The highest BCUT2D eigenvalue weighted by Gasteiger charge is 2.28. The van der Waals surface area contributed by atoms with Crippen molar-refractivity contribution in [3.05, 3.63) is 64.4 Å². The van der Waals surface area contributed by atoms with Gasteiger partial charge in [-0.3, -0.25) is 0 Å². The predicted molar refractivity (Wildman–Crippen MR) is 97.8 cm³/mol. The Morgan fingerprint density at radius 3 is 2.43 bits per heavy atom. The Balaban J connectivity index is 1.94. The van der Waals surface area contributed by atoms with E-state index in [1.54, 1.807) is 19.1 Å². The molecule has 28 heavy (non-hydrogen) atoms. The zero-order valence-corrected chi connectivity index (χ0v) is 15.9. The van der Waals surface area contributed by atoms with Crippen LogP contribution in [-0.2, 0) is 6.54 Å². The molecule has 0 radical (unpaired) electrons. The molecular formula is C19H19ClF4N2O2. The van der Waals surface area contributed by atoms with E-state index in [1.807, 2.05) is 0 Å². The van der Waals surface area contributed by atoms with E-state index >= 15 is 0 Å². The number of rotatable bonds is 6. The van der Waals surface area contributed by atoms with Crippen LogP contribution in [0.25, 0.3) is 0 Å². The Labute approximate surface area is 165 Å². The van der Waals surface area contributed by atoms with Crippen molar-refractivity contribution in [1.82, 2.24) is 10.2 Å². The smallest absolute Gasteiger partial charge is 0.422 e. The van der Waals surface area contributed by atoms with Crippen LogP contribution in [0.3, 0.4) is 0 Å². The van der Waals surface area contributed by atoms with Gasteiger partial charge >= 0.3 is 12.2 Å². The van der Waals surface area contributed by atoms with Gasteiger partial charge in [0.05, 0.1) is 12.6 Å². The van der Waals surface area contributed by atoms with Gasteiger partial charge in [-0.25, -0.2) is 9.18 Å². The van der Waals surface area contributed by atoms with Gasteiger partial charge in [0, 0.05) is 17.6 Å². The molecule has 2 aromatic rings. The van der Waals surface area contributed by atoms with E-state index in [0.717, 1.165) is 0 Å². The normalized spacial score (nSPS) is 12.4. The summed E-state index contributed by atoms with van der Waals surface area (Å²) in [5.74, 6) is -0.430. The average Bonchev–Trinajstić information content (AvgIpc) is 2.62. The Bertz CT molecular complexity index is 792. The van der Waals surface area contributed by atoms with Gasteiger partial charge in [-0.2, -0.15) is 13.2 Å². The van der Waals surface area contributed by atoms with E-state index in [0.29, 0.717) is 5.56 Å². The lowest BCUT2D eigenvalue weighted by Crippen LogP contribution is -2.38. The van der Waals surface area contributed by atoms with E-state index < -0.39 is 30.7 Å². The van der Waals surface area contributed by atoms with E-state index in [1.165, 1.54) is 42.3 Å². The third-order valence-corrected chi connectivity index (χ3v) is 4.28. The predicted octanol–water partition coefficient (Wildman–Crippen LogP) is 5.32. The number of alkyl halides is 3. The number of benzene rings is 2. The molecule has 0 aliphatic rings. The molecule has 0 spiro atoms. The van der Waals surface area contributed by atoms with Crippen LogP contribution in [0.4, 0.5) is 22.4 Å². The lowest BCUT2D eigenvalue weighted by molar-refractivity contribution is -0.153. The van der Waals surface area contributed by atoms with Crippen LogP contribution < -0.4 is 10.1 Å². The van der Waals surface area contributed by atoms with E-state index in [4.69, 9.17) is 11.6 Å². The maximum atomic E-state index is 13.9. The van der Waals surface area contributed by atoms with Crippen molar-refractivity contribution in [2.24, 2.45) is 0 Å². The molecule has 0 fully saturated rings. The zero-order chi connectivity index (χ0) is 20.9. The Hall–Kier alpha value is -2.48. The molecule has 2 rings (SSSR count). The van der Waals surface area contributed by atoms with Crippen LogP contribution in [0.2, 0.25) is 5.02 Å². The highest BCUT2D eigenvalue weighted by molar-refractivity contribution is 6.31. The highest BCUT2D eigenvalue weighted by Crippen LogP contribution is 2.22. The first-order valence-electron chi connectivity index (χ1n) is 8.31. The average molecular weight is 419 g/mol. The summed E-state index contributed by atoms with van der Waals surface area (Å²) in [6, 6.07) is 9.31. The van der Waals surface area contributed by atoms with Crippen molar-refractivity contribution in [2.45, 2.75) is 25.7 Å². The number of carbonyl (C=O) groups excluding carboxylic acids is 1. The fourth-order valence-corrected chi connectivity index (χ4v) is 2.61. The second kappa shape index (κ2) is 9.14. The minimum Gasteiger partial charge on any atom is -0.484 e. The van der Waals surface area contributed by atoms with Gasteiger partial charge in [0.15, 0.2) is 6.61 Å². The molecule has 0 aliphatic heterocycles. The number of amides is 2. The van der Waals surface area contributed by atoms with E-state index in [2.05, 4.69) is 10.1 Å². The summed E-state index contributed by atoms with van der Waals surface area (Å²) in [7, 11) is 1.50. The number of hydrogen-bond acceptors (Lipinski definition) is 2. The maximum Gasteiger partial charge on any atom is 0.422 e. The monoisotopic (exact) mass is 418 g/mol. The van der Waals surface area contributed by atoms with Crippen molar-refractivity contribution in [3.8, 4) is 5.75 Å². The third-order valence-electron chi connectivity index (χ3n) is 3.93.